The van der Waals surface area contributed by atoms with E-state index < -0.39 is 0 Å². The van der Waals surface area contributed by atoms with Crippen LogP contribution in [0.15, 0.2) is 190 Å². The van der Waals surface area contributed by atoms with Crippen LogP contribution in [0.5, 0.6) is 0 Å². The maximum atomic E-state index is 6.44. The largest absolute Gasteiger partial charge is 0.455 e. The van der Waals surface area contributed by atoms with Gasteiger partial charge in [-0.3, -0.25) is 0 Å². The Bertz CT molecular complexity index is 3150. The zero-order chi connectivity index (χ0) is 34.9. The fourth-order valence-corrected chi connectivity index (χ4v) is 9.11. The molecule has 3 heterocycles. The summed E-state index contributed by atoms with van der Waals surface area (Å²) in [6, 6.07) is 53.9. The van der Waals surface area contributed by atoms with Crippen molar-refractivity contribution in [1.29, 1.82) is 0 Å². The van der Waals surface area contributed by atoms with Crippen molar-refractivity contribution in [2.45, 2.75) is 6.42 Å². The highest BCUT2D eigenvalue weighted by atomic mass is 32.1. The molecule has 1 aliphatic carbocycles. The Morgan fingerprint density at radius 3 is 1.81 bits per heavy atom. The Kier molecular flexibility index (Phi) is 6.79. The van der Waals surface area contributed by atoms with E-state index in [-0.39, 0.29) is 0 Å². The minimum absolute atomic E-state index is 0.778. The maximum Gasteiger partial charge on any atom is 0.143 e. The van der Waals surface area contributed by atoms with Gasteiger partial charge in [-0.15, -0.1) is 11.3 Å². The number of nitrogens with zero attached hydrogens (tertiary/aromatic N) is 1. The Morgan fingerprint density at radius 2 is 1.06 bits per heavy atom. The molecule has 11 rings (SSSR count). The van der Waals surface area contributed by atoms with Crippen molar-refractivity contribution in [2.75, 3.05) is 4.90 Å². The van der Waals surface area contributed by atoms with Crippen LogP contribution in [0.3, 0.4) is 0 Å². The zero-order valence-corrected chi connectivity index (χ0v) is 29.4. The molecule has 0 unspecified atom stereocenters. The van der Waals surface area contributed by atoms with Crippen LogP contribution in [0.1, 0.15) is 12.0 Å². The molecule has 10 aromatic rings. The first-order valence-electron chi connectivity index (χ1n) is 18.0. The highest BCUT2D eigenvalue weighted by Crippen LogP contribution is 2.42. The summed E-state index contributed by atoms with van der Waals surface area (Å²) in [5, 5.41) is 7.12. The minimum Gasteiger partial charge on any atom is -0.455 e. The Morgan fingerprint density at radius 1 is 0.453 bits per heavy atom. The third-order valence-electron chi connectivity index (χ3n) is 10.5. The summed E-state index contributed by atoms with van der Waals surface area (Å²) in [4.78, 5) is 2.38. The molecular weight excluding hydrogens is 667 g/mol. The highest BCUT2D eigenvalue weighted by Gasteiger charge is 2.19. The van der Waals surface area contributed by atoms with Crippen molar-refractivity contribution in [3.63, 3.8) is 0 Å². The lowest BCUT2D eigenvalue weighted by Gasteiger charge is -2.27. The smallest absolute Gasteiger partial charge is 0.143 e. The minimum atomic E-state index is 0.778. The fourth-order valence-electron chi connectivity index (χ4n) is 8.02. The van der Waals surface area contributed by atoms with Gasteiger partial charge in [0.15, 0.2) is 0 Å². The number of hydrogen-bond acceptors (Lipinski definition) is 4. The summed E-state index contributed by atoms with van der Waals surface area (Å²) >= 11 is 1.85. The van der Waals surface area contributed by atoms with Gasteiger partial charge in [-0.05, 0) is 72.2 Å². The number of para-hydroxylation sites is 4. The molecule has 0 radical (unpaired) electrons. The van der Waals surface area contributed by atoms with Crippen LogP contribution in [0, 0.1) is 0 Å². The van der Waals surface area contributed by atoms with Crippen molar-refractivity contribution in [1.82, 2.24) is 0 Å². The molecule has 0 saturated heterocycles. The van der Waals surface area contributed by atoms with Gasteiger partial charge in [0.05, 0.1) is 0 Å². The number of furan rings is 2. The van der Waals surface area contributed by atoms with E-state index in [0.717, 1.165) is 89.6 Å². The van der Waals surface area contributed by atoms with Crippen LogP contribution in [-0.4, -0.2) is 0 Å². The van der Waals surface area contributed by atoms with Crippen molar-refractivity contribution < 1.29 is 8.83 Å². The number of rotatable bonds is 5. The molecule has 0 bridgehead atoms. The quantitative estimate of drug-likeness (QED) is 0.179. The van der Waals surface area contributed by atoms with E-state index in [1.54, 1.807) is 0 Å². The lowest BCUT2D eigenvalue weighted by atomic mass is 10.0. The molecule has 3 nitrogen and oxygen atoms in total. The number of thiophene rings is 1. The van der Waals surface area contributed by atoms with E-state index in [0.29, 0.717) is 0 Å². The van der Waals surface area contributed by atoms with Crippen LogP contribution in [0.4, 0.5) is 11.4 Å². The summed E-state index contributed by atoms with van der Waals surface area (Å²) < 4.78 is 15.4. The van der Waals surface area contributed by atoms with Gasteiger partial charge >= 0.3 is 0 Å². The van der Waals surface area contributed by atoms with E-state index in [9.17, 15) is 0 Å². The normalized spacial score (nSPS) is 13.4. The second-order valence-corrected chi connectivity index (χ2v) is 14.7. The van der Waals surface area contributed by atoms with Gasteiger partial charge < -0.3 is 13.7 Å². The number of fused-ring (bicyclic) bond motifs is 9. The molecule has 0 fully saturated rings. The van der Waals surface area contributed by atoms with Crippen LogP contribution in [0.25, 0.3) is 80.7 Å². The third-order valence-corrected chi connectivity index (χ3v) is 11.7. The van der Waals surface area contributed by atoms with E-state index in [4.69, 9.17) is 8.83 Å². The van der Waals surface area contributed by atoms with Gasteiger partial charge in [0.25, 0.3) is 0 Å². The van der Waals surface area contributed by atoms with Gasteiger partial charge in [-0.2, -0.15) is 0 Å². The molecule has 53 heavy (non-hydrogen) atoms. The number of benzene rings is 7. The molecule has 4 heteroatoms. The van der Waals surface area contributed by atoms with Gasteiger partial charge in [0.1, 0.15) is 22.3 Å². The molecule has 0 aliphatic heterocycles. The van der Waals surface area contributed by atoms with Crippen LogP contribution in [-0.2, 0) is 0 Å². The first-order valence-corrected chi connectivity index (χ1v) is 18.8. The van der Waals surface area contributed by atoms with Crippen molar-refractivity contribution >= 4 is 92.3 Å². The Balaban J connectivity index is 1.02. The Hall–Kier alpha value is -6.62. The molecule has 0 amide bonds. The predicted molar refractivity (Wildman–Crippen MR) is 224 cm³/mol. The van der Waals surface area contributed by atoms with Crippen molar-refractivity contribution in [3.05, 3.63) is 187 Å². The molecular formula is C49H31NO2S. The second kappa shape index (κ2) is 12.0. The first kappa shape index (κ1) is 30.0. The number of hydrogen-bond donors (Lipinski definition) is 0. The number of anilines is 2. The summed E-state index contributed by atoms with van der Waals surface area (Å²) in [7, 11) is 0. The lowest BCUT2D eigenvalue weighted by Crippen LogP contribution is -2.15. The average Bonchev–Trinajstić information content (AvgIpc) is 3.84. The second-order valence-electron chi connectivity index (χ2n) is 13.6. The van der Waals surface area contributed by atoms with E-state index in [2.05, 4.69) is 157 Å². The van der Waals surface area contributed by atoms with Crippen LogP contribution >= 0.6 is 11.3 Å². The van der Waals surface area contributed by atoms with Gasteiger partial charge in [-0.1, -0.05) is 121 Å². The topological polar surface area (TPSA) is 29.5 Å². The SMILES string of the molecule is C1=CC(N(c2ccc(-c3cccc4c3oc3ccccc34)cc2)c2ccc3sc4ccccc4c3c2)=CCC=C1c1cccc2c1oc1ccccc12. The molecule has 1 aliphatic rings. The summed E-state index contributed by atoms with van der Waals surface area (Å²) in [6.45, 7) is 0. The lowest BCUT2D eigenvalue weighted by molar-refractivity contribution is 0.667. The zero-order valence-electron chi connectivity index (χ0n) is 28.6. The molecule has 250 valence electrons. The van der Waals surface area contributed by atoms with Crippen LogP contribution in [0.2, 0.25) is 0 Å². The summed E-state index contributed by atoms with van der Waals surface area (Å²) in [6.07, 6.45) is 9.89. The predicted octanol–water partition coefficient (Wildman–Crippen LogP) is 14.6. The highest BCUT2D eigenvalue weighted by molar-refractivity contribution is 7.25. The van der Waals surface area contributed by atoms with E-state index in [1.807, 2.05) is 35.6 Å². The van der Waals surface area contributed by atoms with Crippen LogP contribution < -0.4 is 4.90 Å². The van der Waals surface area contributed by atoms with Gasteiger partial charge in [0.2, 0.25) is 0 Å². The van der Waals surface area contributed by atoms with Crippen molar-refractivity contribution in [3.8, 4) is 11.1 Å². The molecule has 3 aromatic heterocycles. The standard InChI is InChI=1S/C49H31NO2S/c1-4-19-44-38(12-1)41-17-8-15-36(48(41)51-44)31-10-7-11-33(25-22-31)50(35-28-29-47-43(30-35)40-14-3-6-21-46(40)53-47)34-26-23-32(24-27-34)37-16-9-18-42-39-13-2-5-20-45(39)52-49(37)42/h1-6,8-30H,7H2. The van der Waals surface area contributed by atoms with Gasteiger partial charge in [0, 0.05) is 69.9 Å². The third kappa shape index (κ3) is 4.87. The molecule has 0 N–H and O–H groups in total. The molecule has 0 saturated carbocycles. The molecule has 7 aromatic carbocycles. The first-order chi connectivity index (χ1) is 26.3. The summed E-state index contributed by atoms with van der Waals surface area (Å²) in [5.74, 6) is 0. The Labute approximate surface area is 309 Å². The van der Waals surface area contributed by atoms with E-state index >= 15 is 0 Å². The maximum absolute atomic E-state index is 6.44. The number of allylic oxidation sites excluding steroid dienone is 5. The van der Waals surface area contributed by atoms with Gasteiger partial charge in [-0.25, -0.2) is 0 Å². The average molecular weight is 698 g/mol. The fraction of sp³-hybridized carbons (Fsp3) is 0.0204. The van der Waals surface area contributed by atoms with E-state index in [1.165, 1.54) is 20.2 Å². The molecule has 0 spiro atoms. The monoisotopic (exact) mass is 697 g/mol. The van der Waals surface area contributed by atoms with Crippen molar-refractivity contribution in [2.24, 2.45) is 0 Å². The molecule has 0 atom stereocenters. The summed E-state index contributed by atoms with van der Waals surface area (Å²) in [5.41, 5.74) is 11.4.